The lowest BCUT2D eigenvalue weighted by Crippen LogP contribution is -2.58. The topological polar surface area (TPSA) is 99.3 Å². The minimum Gasteiger partial charge on any atom is -0.466 e. The number of nitrogens with one attached hydrogen (secondary N) is 1. The zero-order valence-corrected chi connectivity index (χ0v) is 20.1. The predicted octanol–water partition coefficient (Wildman–Crippen LogP) is 1.16. The van der Waals surface area contributed by atoms with Crippen molar-refractivity contribution < 1.29 is 23.9 Å². The maximum absolute atomic E-state index is 13.2. The molecule has 33 heavy (non-hydrogen) atoms. The van der Waals surface area contributed by atoms with Crippen LogP contribution in [0.1, 0.15) is 64.7 Å². The number of hydrogen-bond donors (Lipinski definition) is 1. The van der Waals surface area contributed by atoms with Crippen molar-refractivity contribution in [2.24, 2.45) is 5.92 Å². The van der Waals surface area contributed by atoms with Gasteiger partial charge in [0.05, 0.1) is 19.1 Å². The molecule has 0 aromatic carbocycles. The first-order chi connectivity index (χ1) is 16.0. The van der Waals surface area contributed by atoms with Crippen LogP contribution in [0.4, 0.5) is 0 Å². The maximum Gasteiger partial charge on any atom is 0.306 e. The smallest absolute Gasteiger partial charge is 0.306 e. The Hall–Kier alpha value is -2.16. The molecule has 1 unspecified atom stereocenters. The predicted molar refractivity (Wildman–Crippen MR) is 123 cm³/mol. The Kier molecular flexibility index (Phi) is 9.96. The largest absolute Gasteiger partial charge is 0.466 e. The Morgan fingerprint density at radius 2 is 1.76 bits per heavy atom. The fourth-order valence-electron chi connectivity index (χ4n) is 5.33. The monoisotopic (exact) mass is 464 g/mol. The maximum atomic E-state index is 13.2. The summed E-state index contributed by atoms with van der Waals surface area (Å²) in [6.45, 7) is 6.70. The average molecular weight is 465 g/mol. The standard InChI is InChI=1S/C24H40N4O5/c1-2-33-22(31)11-10-21(30)27-15-17-28(18-16-27)23(19-7-3-4-8-19)24(32)25-12-6-14-26-13-5-9-20(26)29/h19,23H,2-18H2,1H3,(H,25,32). The summed E-state index contributed by atoms with van der Waals surface area (Å²) in [7, 11) is 0. The van der Waals surface area contributed by atoms with E-state index in [1.165, 1.54) is 0 Å². The summed E-state index contributed by atoms with van der Waals surface area (Å²) in [6, 6.07) is -0.155. The van der Waals surface area contributed by atoms with Gasteiger partial charge in [0, 0.05) is 58.7 Å². The van der Waals surface area contributed by atoms with Gasteiger partial charge in [-0.05, 0) is 38.5 Å². The summed E-state index contributed by atoms with van der Waals surface area (Å²) in [5.41, 5.74) is 0. The first kappa shape index (κ1) is 25.5. The SMILES string of the molecule is CCOC(=O)CCC(=O)N1CCN(C(C(=O)NCCCN2CCCC2=O)C2CCCC2)CC1. The van der Waals surface area contributed by atoms with E-state index in [9.17, 15) is 19.2 Å². The fourth-order valence-corrected chi connectivity index (χ4v) is 5.33. The van der Waals surface area contributed by atoms with Crippen molar-refractivity contribution in [1.29, 1.82) is 0 Å². The number of likely N-dealkylation sites (tertiary alicyclic amines) is 1. The highest BCUT2D eigenvalue weighted by Gasteiger charge is 2.37. The van der Waals surface area contributed by atoms with Gasteiger partial charge in [0.15, 0.2) is 0 Å². The molecule has 0 bridgehead atoms. The normalized spacial score (nSPS) is 20.8. The number of carbonyl (C=O) groups is 4. The van der Waals surface area contributed by atoms with Gasteiger partial charge in [-0.25, -0.2) is 0 Å². The number of ether oxygens (including phenoxy) is 1. The molecule has 186 valence electrons. The van der Waals surface area contributed by atoms with Crippen LogP contribution in [0.5, 0.6) is 0 Å². The van der Waals surface area contributed by atoms with Gasteiger partial charge in [0.1, 0.15) is 0 Å². The zero-order chi connectivity index (χ0) is 23.6. The van der Waals surface area contributed by atoms with E-state index in [1.54, 1.807) is 11.8 Å². The second-order valence-electron chi connectivity index (χ2n) is 9.34. The van der Waals surface area contributed by atoms with Gasteiger partial charge in [-0.2, -0.15) is 0 Å². The summed E-state index contributed by atoms with van der Waals surface area (Å²) in [4.78, 5) is 54.9. The molecule has 0 aromatic heterocycles. The minimum absolute atomic E-state index is 0.0268. The minimum atomic E-state index is -0.337. The molecule has 1 saturated carbocycles. The first-order valence-electron chi connectivity index (χ1n) is 12.7. The first-order valence-corrected chi connectivity index (χ1v) is 12.7. The number of esters is 1. The van der Waals surface area contributed by atoms with Gasteiger partial charge >= 0.3 is 5.97 Å². The second-order valence-corrected chi connectivity index (χ2v) is 9.34. The van der Waals surface area contributed by atoms with E-state index in [0.29, 0.717) is 58.2 Å². The van der Waals surface area contributed by atoms with Crippen molar-refractivity contribution in [3.8, 4) is 0 Å². The van der Waals surface area contributed by atoms with Crippen molar-refractivity contribution >= 4 is 23.7 Å². The van der Waals surface area contributed by atoms with Crippen LogP contribution >= 0.6 is 0 Å². The summed E-state index contributed by atoms with van der Waals surface area (Å²) < 4.78 is 4.90. The lowest BCUT2D eigenvalue weighted by atomic mass is 9.95. The molecule has 1 aliphatic carbocycles. The van der Waals surface area contributed by atoms with Gasteiger partial charge in [0.2, 0.25) is 17.7 Å². The highest BCUT2D eigenvalue weighted by atomic mass is 16.5. The van der Waals surface area contributed by atoms with Gasteiger partial charge in [0.25, 0.3) is 0 Å². The van der Waals surface area contributed by atoms with E-state index in [1.807, 2.05) is 4.90 Å². The summed E-state index contributed by atoms with van der Waals surface area (Å²) in [5.74, 6) is 0.297. The summed E-state index contributed by atoms with van der Waals surface area (Å²) in [6.07, 6.45) is 7.11. The van der Waals surface area contributed by atoms with Gasteiger partial charge in [-0.1, -0.05) is 12.8 Å². The van der Waals surface area contributed by atoms with E-state index in [-0.39, 0.29) is 42.6 Å². The average Bonchev–Trinajstić information content (AvgIpc) is 3.48. The van der Waals surface area contributed by atoms with Gasteiger partial charge in [-0.15, -0.1) is 0 Å². The van der Waals surface area contributed by atoms with Crippen LogP contribution in [0, 0.1) is 5.92 Å². The van der Waals surface area contributed by atoms with Crippen molar-refractivity contribution in [3.63, 3.8) is 0 Å². The molecule has 3 aliphatic rings. The van der Waals surface area contributed by atoms with Crippen LogP contribution < -0.4 is 5.32 Å². The van der Waals surface area contributed by atoms with Crippen molar-refractivity contribution in [2.45, 2.75) is 70.8 Å². The Balaban J connectivity index is 1.45. The van der Waals surface area contributed by atoms with Crippen molar-refractivity contribution in [1.82, 2.24) is 20.0 Å². The molecule has 2 heterocycles. The second kappa shape index (κ2) is 12.9. The van der Waals surface area contributed by atoms with Crippen molar-refractivity contribution in [2.75, 3.05) is 52.4 Å². The number of piperazine rings is 1. The highest BCUT2D eigenvalue weighted by Crippen LogP contribution is 2.31. The number of amides is 3. The molecule has 3 amide bonds. The molecule has 0 aromatic rings. The lowest BCUT2D eigenvalue weighted by Gasteiger charge is -2.40. The Morgan fingerprint density at radius 3 is 2.39 bits per heavy atom. The Morgan fingerprint density at radius 1 is 1.03 bits per heavy atom. The summed E-state index contributed by atoms with van der Waals surface area (Å²) in [5, 5.41) is 3.12. The third-order valence-corrected chi connectivity index (χ3v) is 7.10. The van der Waals surface area contributed by atoms with Crippen LogP contribution in [0.25, 0.3) is 0 Å². The molecule has 3 rings (SSSR count). The van der Waals surface area contributed by atoms with E-state index < -0.39 is 0 Å². The molecule has 9 heteroatoms. The van der Waals surface area contributed by atoms with Crippen LogP contribution in [0.2, 0.25) is 0 Å². The molecule has 1 N–H and O–H groups in total. The molecule has 9 nitrogen and oxygen atoms in total. The van der Waals surface area contributed by atoms with Crippen LogP contribution in [-0.4, -0.2) is 96.9 Å². The molecule has 2 aliphatic heterocycles. The molecule has 0 radical (unpaired) electrons. The van der Waals surface area contributed by atoms with E-state index in [4.69, 9.17) is 4.74 Å². The van der Waals surface area contributed by atoms with E-state index in [0.717, 1.165) is 45.1 Å². The number of hydrogen-bond acceptors (Lipinski definition) is 6. The van der Waals surface area contributed by atoms with Crippen LogP contribution in [0.15, 0.2) is 0 Å². The number of rotatable bonds is 11. The van der Waals surface area contributed by atoms with Crippen molar-refractivity contribution in [3.05, 3.63) is 0 Å². The number of carbonyl (C=O) groups excluding carboxylic acids is 4. The molecule has 3 fully saturated rings. The third kappa shape index (κ3) is 7.42. The van der Waals surface area contributed by atoms with Crippen LogP contribution in [-0.2, 0) is 23.9 Å². The van der Waals surface area contributed by atoms with E-state index >= 15 is 0 Å². The third-order valence-electron chi connectivity index (χ3n) is 7.10. The lowest BCUT2D eigenvalue weighted by molar-refractivity contribution is -0.146. The molecule has 2 saturated heterocycles. The van der Waals surface area contributed by atoms with E-state index in [2.05, 4.69) is 10.2 Å². The van der Waals surface area contributed by atoms with Gasteiger partial charge in [-0.3, -0.25) is 24.1 Å². The fraction of sp³-hybridized carbons (Fsp3) is 0.833. The quantitative estimate of drug-likeness (QED) is 0.364. The highest BCUT2D eigenvalue weighted by molar-refractivity contribution is 5.83. The van der Waals surface area contributed by atoms with Crippen LogP contribution in [0.3, 0.4) is 0 Å². The zero-order valence-electron chi connectivity index (χ0n) is 20.1. The molecular weight excluding hydrogens is 424 g/mol. The summed E-state index contributed by atoms with van der Waals surface area (Å²) >= 11 is 0. The molecule has 1 atom stereocenters. The Labute approximate surface area is 197 Å². The molecule has 0 spiro atoms. The van der Waals surface area contributed by atoms with Gasteiger partial charge < -0.3 is 19.9 Å². The number of nitrogens with zero attached hydrogens (tertiary/aromatic N) is 3. The molecular formula is C24H40N4O5. The Bertz CT molecular complexity index is 686.